The summed E-state index contributed by atoms with van der Waals surface area (Å²) >= 11 is 0. The highest BCUT2D eigenvalue weighted by molar-refractivity contribution is 5.79. The van der Waals surface area contributed by atoms with Gasteiger partial charge in [-0.05, 0) is 38.5 Å². The number of nitrogens with one attached hydrogen (secondary N) is 2. The first-order chi connectivity index (χ1) is 15.8. The van der Waals surface area contributed by atoms with Crippen molar-refractivity contribution in [1.82, 2.24) is 25.2 Å². The standard InChI is InChI=1S/C24H33N7O/c1-3-25-24(27-12-7-13-31-19(2)29-21-9-4-5-10-22(21)31)28-18-20-8-6-11-26-23(20)30-14-16-32-17-15-30/h4-6,8-11H,3,7,12-18H2,1-2H3,(H2,25,27,28). The van der Waals surface area contributed by atoms with Gasteiger partial charge in [-0.15, -0.1) is 0 Å². The smallest absolute Gasteiger partial charge is 0.191 e. The van der Waals surface area contributed by atoms with E-state index < -0.39 is 0 Å². The summed E-state index contributed by atoms with van der Waals surface area (Å²) in [4.78, 5) is 16.4. The molecule has 1 saturated heterocycles. The topological polar surface area (TPSA) is 79.6 Å². The molecule has 0 spiro atoms. The molecule has 2 aromatic heterocycles. The van der Waals surface area contributed by atoms with Crippen LogP contribution in [0.4, 0.5) is 5.82 Å². The van der Waals surface area contributed by atoms with E-state index in [9.17, 15) is 0 Å². The normalized spacial score (nSPS) is 14.7. The van der Waals surface area contributed by atoms with Crippen LogP contribution in [-0.2, 0) is 17.8 Å². The second-order valence-corrected chi connectivity index (χ2v) is 7.86. The van der Waals surface area contributed by atoms with Crippen molar-refractivity contribution >= 4 is 22.8 Å². The summed E-state index contributed by atoms with van der Waals surface area (Å²) in [5.74, 6) is 2.90. The molecule has 0 aliphatic carbocycles. The van der Waals surface area contributed by atoms with Crippen LogP contribution in [0.3, 0.4) is 0 Å². The Hall–Kier alpha value is -3.13. The minimum Gasteiger partial charge on any atom is -0.378 e. The van der Waals surface area contributed by atoms with Crippen molar-refractivity contribution in [2.45, 2.75) is 33.4 Å². The number of pyridine rings is 1. The third-order valence-electron chi connectivity index (χ3n) is 5.63. The third-order valence-corrected chi connectivity index (χ3v) is 5.63. The molecule has 2 N–H and O–H groups in total. The number of rotatable bonds is 8. The van der Waals surface area contributed by atoms with E-state index in [2.05, 4.69) is 68.2 Å². The van der Waals surface area contributed by atoms with Gasteiger partial charge in [0.15, 0.2) is 5.96 Å². The highest BCUT2D eigenvalue weighted by atomic mass is 16.5. The lowest BCUT2D eigenvalue weighted by atomic mass is 10.2. The molecule has 8 heteroatoms. The number of morpholine rings is 1. The molecular formula is C24H33N7O. The molecule has 0 atom stereocenters. The van der Waals surface area contributed by atoms with Crippen molar-refractivity contribution < 1.29 is 4.74 Å². The molecule has 170 valence electrons. The molecule has 1 aliphatic heterocycles. The van der Waals surface area contributed by atoms with E-state index in [4.69, 9.17) is 9.73 Å². The number of hydrogen-bond acceptors (Lipinski definition) is 5. The fourth-order valence-electron chi connectivity index (χ4n) is 4.04. The van der Waals surface area contributed by atoms with Crippen LogP contribution in [0.15, 0.2) is 47.6 Å². The van der Waals surface area contributed by atoms with Gasteiger partial charge in [0.1, 0.15) is 11.6 Å². The van der Waals surface area contributed by atoms with Crippen LogP contribution in [0.2, 0.25) is 0 Å². The zero-order chi connectivity index (χ0) is 22.2. The van der Waals surface area contributed by atoms with Gasteiger partial charge in [-0.2, -0.15) is 0 Å². The summed E-state index contributed by atoms with van der Waals surface area (Å²) in [7, 11) is 0. The summed E-state index contributed by atoms with van der Waals surface area (Å²) in [6.45, 7) is 10.5. The number of hydrogen-bond donors (Lipinski definition) is 2. The van der Waals surface area contributed by atoms with Crippen molar-refractivity contribution in [2.75, 3.05) is 44.3 Å². The van der Waals surface area contributed by atoms with Crippen LogP contribution in [-0.4, -0.2) is 59.9 Å². The van der Waals surface area contributed by atoms with E-state index in [-0.39, 0.29) is 0 Å². The average molecular weight is 436 g/mol. The third kappa shape index (κ3) is 5.37. The van der Waals surface area contributed by atoms with Gasteiger partial charge in [0.05, 0.1) is 30.8 Å². The predicted molar refractivity (Wildman–Crippen MR) is 129 cm³/mol. The maximum absolute atomic E-state index is 5.48. The van der Waals surface area contributed by atoms with Gasteiger partial charge in [0.2, 0.25) is 0 Å². The van der Waals surface area contributed by atoms with E-state index in [1.54, 1.807) is 0 Å². The maximum atomic E-state index is 5.48. The molecule has 0 unspecified atom stereocenters. The molecule has 0 bridgehead atoms. The van der Waals surface area contributed by atoms with Crippen LogP contribution in [0.1, 0.15) is 24.7 Å². The molecule has 0 radical (unpaired) electrons. The minimum absolute atomic E-state index is 0.584. The molecule has 3 aromatic rings. The van der Waals surface area contributed by atoms with Crippen molar-refractivity contribution in [3.8, 4) is 0 Å². The second-order valence-electron chi connectivity index (χ2n) is 7.86. The van der Waals surface area contributed by atoms with Gasteiger partial charge in [-0.3, -0.25) is 0 Å². The molecule has 4 rings (SSSR count). The van der Waals surface area contributed by atoms with Gasteiger partial charge in [0.25, 0.3) is 0 Å². The zero-order valence-electron chi connectivity index (χ0n) is 19.0. The van der Waals surface area contributed by atoms with Gasteiger partial charge in [0, 0.05) is 44.5 Å². The van der Waals surface area contributed by atoms with E-state index in [0.717, 1.165) is 81.0 Å². The number of nitrogens with zero attached hydrogens (tertiary/aromatic N) is 5. The van der Waals surface area contributed by atoms with Crippen LogP contribution in [0.5, 0.6) is 0 Å². The largest absolute Gasteiger partial charge is 0.378 e. The summed E-state index contributed by atoms with van der Waals surface area (Å²) in [6.07, 6.45) is 2.83. The number of aryl methyl sites for hydroxylation is 2. The number of ether oxygens (including phenoxy) is 1. The second kappa shape index (κ2) is 10.9. The lowest BCUT2D eigenvalue weighted by Crippen LogP contribution is -2.38. The first-order valence-corrected chi connectivity index (χ1v) is 11.5. The number of imidazole rings is 1. The molecule has 3 heterocycles. The van der Waals surface area contributed by atoms with Crippen molar-refractivity contribution in [3.05, 3.63) is 54.0 Å². The first-order valence-electron chi connectivity index (χ1n) is 11.5. The molecule has 1 fully saturated rings. The summed E-state index contributed by atoms with van der Waals surface area (Å²) < 4.78 is 7.76. The predicted octanol–water partition coefficient (Wildman–Crippen LogP) is 2.72. The quantitative estimate of drug-likeness (QED) is 0.322. The average Bonchev–Trinajstić information content (AvgIpc) is 3.16. The zero-order valence-corrected chi connectivity index (χ0v) is 19.0. The Kier molecular flexibility index (Phi) is 7.55. The van der Waals surface area contributed by atoms with E-state index in [1.165, 1.54) is 5.52 Å². The summed E-state index contributed by atoms with van der Waals surface area (Å²) in [5.41, 5.74) is 3.38. The number of aliphatic imine (C=N–C) groups is 1. The lowest BCUT2D eigenvalue weighted by Gasteiger charge is -2.29. The monoisotopic (exact) mass is 435 g/mol. The lowest BCUT2D eigenvalue weighted by molar-refractivity contribution is 0.122. The fourth-order valence-corrected chi connectivity index (χ4v) is 4.04. The number of para-hydroxylation sites is 2. The molecule has 1 aromatic carbocycles. The molecule has 1 aliphatic rings. The SMILES string of the molecule is CCNC(=NCc1cccnc1N1CCOCC1)NCCCn1c(C)nc2ccccc21. The Morgan fingerprint density at radius 1 is 1.12 bits per heavy atom. The molecule has 0 saturated carbocycles. The molecule has 32 heavy (non-hydrogen) atoms. The van der Waals surface area contributed by atoms with Crippen LogP contribution in [0, 0.1) is 6.92 Å². The van der Waals surface area contributed by atoms with Gasteiger partial charge in [-0.25, -0.2) is 15.0 Å². The van der Waals surface area contributed by atoms with Gasteiger partial charge < -0.3 is 24.8 Å². The van der Waals surface area contributed by atoms with Crippen LogP contribution < -0.4 is 15.5 Å². The number of aromatic nitrogens is 3. The first kappa shape index (κ1) is 22.1. The van der Waals surface area contributed by atoms with E-state index >= 15 is 0 Å². The summed E-state index contributed by atoms with van der Waals surface area (Å²) in [6, 6.07) is 12.4. The maximum Gasteiger partial charge on any atom is 0.191 e. The number of anilines is 1. The summed E-state index contributed by atoms with van der Waals surface area (Å²) in [5, 5.41) is 6.82. The van der Waals surface area contributed by atoms with Crippen molar-refractivity contribution in [3.63, 3.8) is 0 Å². The Labute approximate surface area is 189 Å². The van der Waals surface area contributed by atoms with Crippen molar-refractivity contribution in [1.29, 1.82) is 0 Å². The van der Waals surface area contributed by atoms with Gasteiger partial charge in [-0.1, -0.05) is 18.2 Å². The fraction of sp³-hybridized carbons (Fsp3) is 0.458. The Morgan fingerprint density at radius 2 is 1.97 bits per heavy atom. The minimum atomic E-state index is 0.584. The highest BCUT2D eigenvalue weighted by Gasteiger charge is 2.15. The number of fused-ring (bicyclic) bond motifs is 1. The molecular weight excluding hydrogens is 402 g/mol. The van der Waals surface area contributed by atoms with Crippen LogP contribution in [0.25, 0.3) is 11.0 Å². The highest BCUT2D eigenvalue weighted by Crippen LogP contribution is 2.19. The molecule has 8 nitrogen and oxygen atoms in total. The number of guanidine groups is 1. The van der Waals surface area contributed by atoms with Gasteiger partial charge >= 0.3 is 0 Å². The molecule has 0 amide bonds. The Morgan fingerprint density at radius 3 is 2.81 bits per heavy atom. The van der Waals surface area contributed by atoms with Crippen molar-refractivity contribution in [2.24, 2.45) is 4.99 Å². The van der Waals surface area contributed by atoms with Crippen LogP contribution >= 0.6 is 0 Å². The number of benzene rings is 1. The van der Waals surface area contributed by atoms with E-state index in [1.807, 2.05) is 18.3 Å². The Balaban J connectivity index is 1.35. The van der Waals surface area contributed by atoms with E-state index in [0.29, 0.717) is 6.54 Å². The Bertz CT molecular complexity index is 1040.